The Hall–Kier alpha value is -2.79. The second-order valence-electron chi connectivity index (χ2n) is 9.65. The van der Waals surface area contributed by atoms with E-state index in [9.17, 15) is 14.7 Å². The topological polar surface area (TPSA) is 85.3 Å². The first-order chi connectivity index (χ1) is 13.7. The van der Waals surface area contributed by atoms with Crippen molar-refractivity contribution in [3.63, 3.8) is 0 Å². The van der Waals surface area contributed by atoms with Gasteiger partial charge in [0.2, 0.25) is 5.43 Å². The molecule has 30 heavy (non-hydrogen) atoms. The standard InChI is InChI=1S/C24H27ClN2O3/c1-23(2,3)16-10-17(24(4,5)6)20(28)11-19(16)27-12-15(22(26)30)21(29)14-9-13(25)7-8-18(14)27/h7-12,28H,1-6H3,(H2,26,30). The van der Waals surface area contributed by atoms with E-state index < -0.39 is 11.3 Å². The minimum atomic E-state index is -0.816. The van der Waals surface area contributed by atoms with Crippen molar-refractivity contribution in [2.24, 2.45) is 5.73 Å². The summed E-state index contributed by atoms with van der Waals surface area (Å²) in [6.45, 7) is 12.3. The zero-order chi connectivity index (χ0) is 22.6. The van der Waals surface area contributed by atoms with Crippen molar-refractivity contribution in [1.82, 2.24) is 4.57 Å². The van der Waals surface area contributed by atoms with E-state index in [4.69, 9.17) is 17.3 Å². The van der Waals surface area contributed by atoms with Crippen LogP contribution < -0.4 is 11.2 Å². The highest BCUT2D eigenvalue weighted by atomic mass is 35.5. The van der Waals surface area contributed by atoms with Crippen molar-refractivity contribution in [3.8, 4) is 11.4 Å². The van der Waals surface area contributed by atoms with Crippen molar-refractivity contribution >= 4 is 28.4 Å². The molecule has 1 aromatic heterocycles. The van der Waals surface area contributed by atoms with Crippen molar-refractivity contribution in [1.29, 1.82) is 0 Å². The lowest BCUT2D eigenvalue weighted by molar-refractivity contribution is 0.0999. The molecule has 0 saturated carbocycles. The number of rotatable bonds is 2. The van der Waals surface area contributed by atoms with Crippen LogP contribution in [0.3, 0.4) is 0 Å². The lowest BCUT2D eigenvalue weighted by Crippen LogP contribution is -2.25. The molecule has 0 aliphatic rings. The highest BCUT2D eigenvalue weighted by molar-refractivity contribution is 6.31. The summed E-state index contributed by atoms with van der Waals surface area (Å²) in [5, 5.41) is 11.5. The van der Waals surface area contributed by atoms with E-state index in [-0.39, 0.29) is 27.5 Å². The van der Waals surface area contributed by atoms with Gasteiger partial charge >= 0.3 is 0 Å². The first-order valence-electron chi connectivity index (χ1n) is 9.75. The summed E-state index contributed by atoms with van der Waals surface area (Å²) in [5.74, 6) is -0.671. The van der Waals surface area contributed by atoms with E-state index in [1.165, 1.54) is 12.3 Å². The molecule has 0 atom stereocenters. The summed E-state index contributed by atoms with van der Waals surface area (Å²) in [6, 6.07) is 8.62. The van der Waals surface area contributed by atoms with E-state index in [2.05, 4.69) is 20.8 Å². The minimum absolute atomic E-state index is 0.135. The third-order valence-electron chi connectivity index (χ3n) is 5.22. The van der Waals surface area contributed by atoms with Gasteiger partial charge in [-0.05, 0) is 46.2 Å². The van der Waals surface area contributed by atoms with Gasteiger partial charge in [0.05, 0.1) is 11.2 Å². The van der Waals surface area contributed by atoms with Gasteiger partial charge < -0.3 is 15.4 Å². The molecular weight excluding hydrogens is 400 g/mol. The smallest absolute Gasteiger partial charge is 0.254 e. The Morgan fingerprint density at radius 2 is 1.60 bits per heavy atom. The predicted octanol–water partition coefficient (Wildman–Crippen LogP) is 5.04. The SMILES string of the molecule is CC(C)(C)c1cc(C(C)(C)C)c(-n2cc(C(N)=O)c(=O)c3cc(Cl)ccc32)cc1O. The monoisotopic (exact) mass is 426 g/mol. The summed E-state index contributed by atoms with van der Waals surface area (Å²) in [7, 11) is 0. The molecule has 1 heterocycles. The molecule has 1 amide bonds. The highest BCUT2D eigenvalue weighted by Gasteiger charge is 2.27. The molecule has 0 aliphatic carbocycles. The molecule has 0 fully saturated rings. The number of amides is 1. The number of halogens is 1. The lowest BCUT2D eigenvalue weighted by Gasteiger charge is -2.29. The van der Waals surface area contributed by atoms with Crippen molar-refractivity contribution in [2.45, 2.75) is 52.4 Å². The van der Waals surface area contributed by atoms with E-state index in [0.717, 1.165) is 11.1 Å². The van der Waals surface area contributed by atoms with Gasteiger partial charge in [-0.15, -0.1) is 0 Å². The first-order valence-corrected chi connectivity index (χ1v) is 10.1. The Kier molecular flexibility index (Phi) is 5.23. The number of hydrogen-bond donors (Lipinski definition) is 2. The molecule has 0 bridgehead atoms. The minimum Gasteiger partial charge on any atom is -0.508 e. The fourth-order valence-electron chi connectivity index (χ4n) is 3.66. The van der Waals surface area contributed by atoms with Crippen LogP contribution in [0.4, 0.5) is 0 Å². The van der Waals surface area contributed by atoms with Crippen LogP contribution in [0.15, 0.2) is 41.3 Å². The van der Waals surface area contributed by atoms with Gasteiger partial charge in [-0.2, -0.15) is 0 Å². The van der Waals surface area contributed by atoms with Crippen LogP contribution in [0.2, 0.25) is 5.02 Å². The Balaban J connectivity index is 2.52. The number of primary amides is 1. The number of nitrogens with zero attached hydrogens (tertiary/aromatic N) is 1. The Bertz CT molecular complexity index is 1230. The van der Waals surface area contributed by atoms with Crippen LogP contribution in [-0.2, 0) is 10.8 Å². The quantitative estimate of drug-likeness (QED) is 0.601. The summed E-state index contributed by atoms with van der Waals surface area (Å²) < 4.78 is 1.74. The van der Waals surface area contributed by atoms with Gasteiger partial charge in [0.25, 0.3) is 5.91 Å². The largest absolute Gasteiger partial charge is 0.508 e. The normalized spacial score (nSPS) is 12.4. The number of carbonyl (C=O) groups excluding carboxylic acids is 1. The molecule has 3 rings (SSSR count). The molecular formula is C24H27ClN2O3. The van der Waals surface area contributed by atoms with E-state index in [1.807, 2.05) is 26.8 Å². The van der Waals surface area contributed by atoms with E-state index >= 15 is 0 Å². The van der Waals surface area contributed by atoms with Crippen LogP contribution in [0.1, 0.15) is 63.0 Å². The Labute approximate surface area is 181 Å². The van der Waals surface area contributed by atoms with Crippen LogP contribution >= 0.6 is 11.6 Å². The maximum absolute atomic E-state index is 12.8. The Morgan fingerprint density at radius 1 is 1.00 bits per heavy atom. The molecule has 2 aromatic carbocycles. The number of pyridine rings is 1. The summed E-state index contributed by atoms with van der Waals surface area (Å²) in [4.78, 5) is 24.8. The summed E-state index contributed by atoms with van der Waals surface area (Å²) in [5.41, 5.74) is 7.36. The van der Waals surface area contributed by atoms with Gasteiger partial charge in [0.1, 0.15) is 11.3 Å². The number of hydrogen-bond acceptors (Lipinski definition) is 3. The molecule has 0 unspecified atom stereocenters. The maximum Gasteiger partial charge on any atom is 0.254 e. The van der Waals surface area contributed by atoms with Gasteiger partial charge in [0, 0.05) is 22.7 Å². The fourth-order valence-corrected chi connectivity index (χ4v) is 3.83. The summed E-state index contributed by atoms with van der Waals surface area (Å²) in [6.07, 6.45) is 1.45. The third kappa shape index (κ3) is 3.82. The number of phenols is 1. The second-order valence-corrected chi connectivity index (χ2v) is 10.1. The molecule has 0 spiro atoms. The van der Waals surface area contributed by atoms with Crippen LogP contribution in [0.25, 0.3) is 16.6 Å². The number of aromatic nitrogens is 1. The van der Waals surface area contributed by atoms with Gasteiger partial charge in [-0.3, -0.25) is 9.59 Å². The van der Waals surface area contributed by atoms with Gasteiger partial charge in [-0.25, -0.2) is 0 Å². The average molecular weight is 427 g/mol. The zero-order valence-electron chi connectivity index (χ0n) is 18.1. The van der Waals surface area contributed by atoms with Crippen LogP contribution in [0, 0.1) is 0 Å². The zero-order valence-corrected chi connectivity index (χ0v) is 18.9. The second kappa shape index (κ2) is 7.17. The van der Waals surface area contributed by atoms with Gasteiger partial charge in [0.15, 0.2) is 0 Å². The molecule has 158 valence electrons. The number of phenolic OH excluding ortho intramolecular Hbond substituents is 1. The fraction of sp³-hybridized carbons (Fsp3) is 0.333. The van der Waals surface area contributed by atoms with Gasteiger partial charge in [-0.1, -0.05) is 53.1 Å². The van der Waals surface area contributed by atoms with Crippen molar-refractivity contribution < 1.29 is 9.90 Å². The number of nitrogens with two attached hydrogens (primary N) is 1. The molecule has 0 saturated heterocycles. The van der Waals surface area contributed by atoms with Crippen LogP contribution in [0.5, 0.6) is 5.75 Å². The highest BCUT2D eigenvalue weighted by Crippen LogP contribution is 2.39. The molecule has 0 aliphatic heterocycles. The Morgan fingerprint density at radius 3 is 2.13 bits per heavy atom. The maximum atomic E-state index is 12.8. The number of fused-ring (bicyclic) bond motifs is 1. The number of benzene rings is 2. The molecule has 6 heteroatoms. The third-order valence-corrected chi connectivity index (χ3v) is 5.46. The number of carbonyl (C=O) groups is 1. The predicted molar refractivity (Wildman–Crippen MR) is 122 cm³/mol. The van der Waals surface area contributed by atoms with Crippen molar-refractivity contribution in [2.75, 3.05) is 0 Å². The molecule has 5 nitrogen and oxygen atoms in total. The van der Waals surface area contributed by atoms with E-state index in [0.29, 0.717) is 16.2 Å². The first kappa shape index (κ1) is 21.9. The number of aromatic hydroxyl groups is 1. The lowest BCUT2D eigenvalue weighted by atomic mass is 9.79. The van der Waals surface area contributed by atoms with Crippen LogP contribution in [-0.4, -0.2) is 15.6 Å². The summed E-state index contributed by atoms with van der Waals surface area (Å²) >= 11 is 6.12. The average Bonchev–Trinajstić information content (AvgIpc) is 2.59. The van der Waals surface area contributed by atoms with E-state index in [1.54, 1.807) is 22.8 Å². The molecule has 3 aromatic rings. The molecule has 0 radical (unpaired) electrons. The molecule has 3 N–H and O–H groups in total. The van der Waals surface area contributed by atoms with Crippen molar-refractivity contribution in [3.05, 3.63) is 68.5 Å².